The van der Waals surface area contributed by atoms with Crippen LogP contribution in [0.2, 0.25) is 0 Å². The Morgan fingerprint density at radius 2 is 1.59 bits per heavy atom. The first kappa shape index (κ1) is 12.2. The van der Waals surface area contributed by atoms with Crippen molar-refractivity contribution >= 4 is 33.2 Å². The summed E-state index contributed by atoms with van der Waals surface area (Å²) < 4.78 is 0. The molecule has 3 rings (SSSR count). The largest absolute Gasteiger partial charge is 0.371 e. The summed E-state index contributed by atoms with van der Waals surface area (Å²) in [6, 6.07) is 9.17. The molecule has 0 bridgehead atoms. The summed E-state index contributed by atoms with van der Waals surface area (Å²) in [6.07, 6.45) is 11.1. The second-order valence-corrected chi connectivity index (χ2v) is 11.3. The van der Waals surface area contributed by atoms with Crippen LogP contribution in [0.5, 0.6) is 0 Å². The summed E-state index contributed by atoms with van der Waals surface area (Å²) in [5.74, 6) is 0. The molecule has 0 spiro atoms. The van der Waals surface area contributed by atoms with Gasteiger partial charge in [-0.3, -0.25) is 0 Å². The predicted octanol–water partition coefficient (Wildman–Crippen LogP) is 3.11. The third kappa shape index (κ3) is 2.34. The van der Waals surface area contributed by atoms with E-state index in [9.17, 15) is 0 Å². The minimum atomic E-state index is -1.25. The molecule has 2 heterocycles. The number of hydrogen-bond acceptors (Lipinski definition) is 0. The van der Waals surface area contributed by atoms with Crippen LogP contribution < -0.4 is 10.6 Å². The summed E-state index contributed by atoms with van der Waals surface area (Å²) in [7, 11) is 5.66. The molecule has 88 valence electrons. The van der Waals surface area contributed by atoms with Gasteiger partial charge in [0.05, 0.1) is 5.30 Å². The Balaban J connectivity index is 1.97. The van der Waals surface area contributed by atoms with E-state index in [1.807, 2.05) is 0 Å². The first-order valence-corrected chi connectivity index (χ1v) is 10.7. The van der Waals surface area contributed by atoms with Crippen LogP contribution in [0.4, 0.5) is 0 Å². The molecule has 0 amide bonds. The van der Waals surface area contributed by atoms with Crippen molar-refractivity contribution < 1.29 is 0 Å². The average Bonchev–Trinajstić information content (AvgIpc) is 3.00. The van der Waals surface area contributed by atoms with Crippen LogP contribution in [0.1, 0.15) is 25.7 Å². The Morgan fingerprint density at radius 3 is 2.29 bits per heavy atom. The monoisotopic (exact) mass is 261 g/mol. The highest BCUT2D eigenvalue weighted by molar-refractivity contribution is 8.04. The van der Waals surface area contributed by atoms with Crippen molar-refractivity contribution in [3.8, 4) is 0 Å². The zero-order valence-corrected chi connectivity index (χ0v) is 12.2. The van der Waals surface area contributed by atoms with Gasteiger partial charge in [-0.25, -0.2) is 0 Å². The van der Waals surface area contributed by atoms with Crippen molar-refractivity contribution in [1.29, 1.82) is 0 Å². The fraction of sp³-hybridized carbons (Fsp3) is 0.571. The molecule has 0 aromatic heterocycles. The lowest BCUT2D eigenvalue weighted by atomic mass is 10.4. The molecule has 2 aliphatic heterocycles. The summed E-state index contributed by atoms with van der Waals surface area (Å²) >= 11 is 0. The van der Waals surface area contributed by atoms with Crippen LogP contribution in [-0.2, 0) is 0 Å². The third-order valence-electron chi connectivity index (χ3n) is 4.17. The SMILES string of the molecule is [B][P+]1(c2ccccc2P2CCCC2)CCCC1. The Kier molecular flexibility index (Phi) is 3.60. The van der Waals surface area contributed by atoms with Crippen LogP contribution in [0.25, 0.3) is 0 Å². The highest BCUT2D eigenvalue weighted by atomic mass is 31.2. The maximum absolute atomic E-state index is 6.77. The van der Waals surface area contributed by atoms with Crippen LogP contribution in [0.3, 0.4) is 0 Å². The highest BCUT2D eigenvalue weighted by Gasteiger charge is 2.40. The molecular formula is C14H20BP2+. The van der Waals surface area contributed by atoms with Gasteiger partial charge in [0, 0.05) is 17.6 Å². The van der Waals surface area contributed by atoms with Crippen molar-refractivity contribution in [1.82, 2.24) is 0 Å². The van der Waals surface area contributed by atoms with E-state index >= 15 is 0 Å². The van der Waals surface area contributed by atoms with Crippen LogP contribution >= 0.6 is 15.1 Å². The Labute approximate surface area is 108 Å². The summed E-state index contributed by atoms with van der Waals surface area (Å²) in [6.45, 7) is 0. The maximum Gasteiger partial charge on any atom is 0.371 e. The molecule has 0 aliphatic carbocycles. The molecule has 0 unspecified atom stereocenters. The predicted molar refractivity (Wildman–Crippen MR) is 83.2 cm³/mol. The molecule has 2 saturated heterocycles. The van der Waals surface area contributed by atoms with E-state index in [0.717, 1.165) is 0 Å². The molecule has 2 radical (unpaired) electrons. The van der Waals surface area contributed by atoms with Gasteiger partial charge in [-0.2, -0.15) is 0 Å². The summed E-state index contributed by atoms with van der Waals surface area (Å²) in [5, 5.41) is 3.28. The van der Waals surface area contributed by atoms with E-state index in [1.54, 1.807) is 10.6 Å². The van der Waals surface area contributed by atoms with E-state index in [-0.39, 0.29) is 7.92 Å². The lowest BCUT2D eigenvalue weighted by Gasteiger charge is -2.23. The lowest BCUT2D eigenvalue weighted by Crippen LogP contribution is -2.28. The van der Waals surface area contributed by atoms with Crippen molar-refractivity contribution in [2.24, 2.45) is 0 Å². The molecule has 3 heteroatoms. The molecule has 0 nitrogen and oxygen atoms in total. The van der Waals surface area contributed by atoms with E-state index < -0.39 is 7.14 Å². The molecule has 1 aromatic carbocycles. The van der Waals surface area contributed by atoms with Gasteiger partial charge in [-0.1, -0.05) is 26.1 Å². The van der Waals surface area contributed by atoms with Gasteiger partial charge in [-0.15, -0.1) is 0 Å². The summed E-state index contributed by atoms with van der Waals surface area (Å²) in [5.41, 5.74) is 0. The quantitative estimate of drug-likeness (QED) is 0.566. The zero-order chi connectivity index (χ0) is 11.7. The van der Waals surface area contributed by atoms with Crippen LogP contribution in [0, 0.1) is 0 Å². The van der Waals surface area contributed by atoms with Crippen molar-refractivity contribution in [3.63, 3.8) is 0 Å². The van der Waals surface area contributed by atoms with Gasteiger partial charge in [0.2, 0.25) is 0 Å². The lowest BCUT2D eigenvalue weighted by molar-refractivity contribution is 0.949. The maximum atomic E-state index is 6.77. The van der Waals surface area contributed by atoms with Gasteiger partial charge >= 0.3 is 7.57 Å². The minimum absolute atomic E-state index is 0.139. The van der Waals surface area contributed by atoms with E-state index in [0.29, 0.717) is 0 Å². The summed E-state index contributed by atoms with van der Waals surface area (Å²) in [4.78, 5) is 0. The average molecular weight is 261 g/mol. The van der Waals surface area contributed by atoms with Crippen molar-refractivity contribution in [2.45, 2.75) is 25.7 Å². The molecule has 1 aromatic rings. The molecule has 2 aliphatic rings. The second-order valence-electron chi connectivity index (χ2n) is 5.37. The molecule has 0 N–H and O–H groups in total. The van der Waals surface area contributed by atoms with Crippen molar-refractivity contribution in [3.05, 3.63) is 24.3 Å². The van der Waals surface area contributed by atoms with Crippen LogP contribution in [-0.4, -0.2) is 32.2 Å². The smallest absolute Gasteiger partial charge is 0.0711 e. The molecular weight excluding hydrogens is 241 g/mol. The standard InChI is InChI=1S/C14H20BP2/c15-17(11-5-6-12-17)14-8-2-1-7-13(14)16-9-3-4-10-16/h1-2,7-8H,3-6,9-12H2/q+1. The molecule has 0 atom stereocenters. The molecule has 0 saturated carbocycles. The number of rotatable bonds is 2. The van der Waals surface area contributed by atoms with Gasteiger partial charge in [0.25, 0.3) is 0 Å². The van der Waals surface area contributed by atoms with E-state index in [1.165, 1.54) is 50.3 Å². The zero-order valence-electron chi connectivity index (χ0n) is 10.4. The molecule has 2 fully saturated rings. The fourth-order valence-corrected chi connectivity index (χ4v) is 10.0. The Morgan fingerprint density at radius 1 is 0.941 bits per heavy atom. The van der Waals surface area contributed by atoms with Gasteiger partial charge in [0.15, 0.2) is 0 Å². The Bertz CT molecular complexity index is 393. The normalized spacial score (nSPS) is 24.2. The second kappa shape index (κ2) is 5.03. The molecule has 17 heavy (non-hydrogen) atoms. The topological polar surface area (TPSA) is 0 Å². The Hall–Kier alpha value is 0.145. The number of benzene rings is 1. The van der Waals surface area contributed by atoms with Crippen LogP contribution in [0.15, 0.2) is 24.3 Å². The minimum Gasteiger partial charge on any atom is -0.0711 e. The van der Waals surface area contributed by atoms with Gasteiger partial charge in [-0.05, 0) is 51.2 Å². The first-order chi connectivity index (χ1) is 8.30. The van der Waals surface area contributed by atoms with Gasteiger partial charge in [0.1, 0.15) is 0 Å². The first-order valence-electron chi connectivity index (χ1n) is 6.80. The van der Waals surface area contributed by atoms with Gasteiger partial charge < -0.3 is 0 Å². The highest BCUT2D eigenvalue weighted by Crippen LogP contribution is 2.59. The van der Waals surface area contributed by atoms with Crippen molar-refractivity contribution in [2.75, 3.05) is 24.6 Å². The third-order valence-corrected chi connectivity index (χ3v) is 10.7. The van der Waals surface area contributed by atoms with E-state index in [2.05, 4.69) is 24.3 Å². The van der Waals surface area contributed by atoms with E-state index in [4.69, 9.17) is 7.57 Å². The fourth-order valence-electron chi connectivity index (χ4n) is 3.21. The number of hydrogen-bond donors (Lipinski definition) is 0.